The van der Waals surface area contributed by atoms with Gasteiger partial charge in [-0.3, -0.25) is 0 Å². The standard InChI is InChI=1S/C11H18ClN5O/c1-4-13-10-14-9(12)15-11(16-10)17-5-7(2)18-8(3)6-17/h7-8H,4-6H2,1-3H3,(H,13,14,15,16)/t7-,8+. The van der Waals surface area contributed by atoms with E-state index in [1.807, 2.05) is 20.8 Å². The number of aromatic nitrogens is 3. The van der Waals surface area contributed by atoms with E-state index in [2.05, 4.69) is 25.2 Å². The zero-order valence-electron chi connectivity index (χ0n) is 10.9. The highest BCUT2D eigenvalue weighted by Gasteiger charge is 2.24. The molecule has 0 amide bonds. The minimum absolute atomic E-state index is 0.159. The summed E-state index contributed by atoms with van der Waals surface area (Å²) < 4.78 is 5.68. The van der Waals surface area contributed by atoms with Crippen LogP contribution in [0.2, 0.25) is 5.28 Å². The predicted octanol–water partition coefficient (Wildman–Crippen LogP) is 1.57. The van der Waals surface area contributed by atoms with Crippen LogP contribution in [0.5, 0.6) is 0 Å². The van der Waals surface area contributed by atoms with Crippen LogP contribution in [-0.2, 0) is 4.74 Å². The maximum absolute atomic E-state index is 5.92. The molecule has 2 heterocycles. The topological polar surface area (TPSA) is 63.2 Å². The highest BCUT2D eigenvalue weighted by atomic mass is 35.5. The van der Waals surface area contributed by atoms with Crippen LogP contribution in [0, 0.1) is 0 Å². The monoisotopic (exact) mass is 271 g/mol. The van der Waals surface area contributed by atoms with Crippen LogP contribution >= 0.6 is 11.6 Å². The predicted molar refractivity (Wildman–Crippen MR) is 71.2 cm³/mol. The number of rotatable bonds is 3. The lowest BCUT2D eigenvalue weighted by Gasteiger charge is -2.35. The van der Waals surface area contributed by atoms with E-state index in [0.29, 0.717) is 11.9 Å². The van der Waals surface area contributed by atoms with E-state index >= 15 is 0 Å². The van der Waals surface area contributed by atoms with Crippen molar-refractivity contribution in [2.75, 3.05) is 29.9 Å². The molecule has 0 bridgehead atoms. The van der Waals surface area contributed by atoms with Crippen LogP contribution < -0.4 is 10.2 Å². The third-order valence-electron chi connectivity index (χ3n) is 2.63. The minimum atomic E-state index is 0.159. The van der Waals surface area contributed by atoms with Crippen molar-refractivity contribution < 1.29 is 4.74 Å². The van der Waals surface area contributed by atoms with Crippen molar-refractivity contribution in [3.63, 3.8) is 0 Å². The second-order valence-electron chi connectivity index (χ2n) is 4.42. The summed E-state index contributed by atoms with van der Waals surface area (Å²) >= 11 is 5.92. The van der Waals surface area contributed by atoms with Gasteiger partial charge in [0.2, 0.25) is 17.2 Å². The van der Waals surface area contributed by atoms with Crippen LogP contribution in [0.15, 0.2) is 0 Å². The molecule has 0 aromatic carbocycles. The Labute approximate surface area is 112 Å². The van der Waals surface area contributed by atoms with Gasteiger partial charge in [0, 0.05) is 19.6 Å². The molecule has 6 nitrogen and oxygen atoms in total. The van der Waals surface area contributed by atoms with E-state index < -0.39 is 0 Å². The molecule has 18 heavy (non-hydrogen) atoms. The summed E-state index contributed by atoms with van der Waals surface area (Å²) in [6.45, 7) is 8.33. The molecule has 7 heteroatoms. The van der Waals surface area contributed by atoms with E-state index in [0.717, 1.165) is 19.6 Å². The van der Waals surface area contributed by atoms with E-state index in [1.165, 1.54) is 0 Å². The lowest BCUT2D eigenvalue weighted by Crippen LogP contribution is -2.46. The van der Waals surface area contributed by atoms with Crippen molar-refractivity contribution in [1.29, 1.82) is 0 Å². The Morgan fingerprint density at radius 2 is 1.94 bits per heavy atom. The summed E-state index contributed by atoms with van der Waals surface area (Å²) in [5.74, 6) is 1.12. The van der Waals surface area contributed by atoms with Gasteiger partial charge in [-0.2, -0.15) is 15.0 Å². The number of anilines is 2. The zero-order chi connectivity index (χ0) is 13.1. The Morgan fingerprint density at radius 3 is 2.56 bits per heavy atom. The Morgan fingerprint density at radius 1 is 1.28 bits per heavy atom. The molecule has 0 unspecified atom stereocenters. The van der Waals surface area contributed by atoms with E-state index in [4.69, 9.17) is 16.3 Å². The van der Waals surface area contributed by atoms with E-state index in [-0.39, 0.29) is 17.5 Å². The quantitative estimate of drug-likeness (QED) is 0.900. The van der Waals surface area contributed by atoms with Gasteiger partial charge in [-0.1, -0.05) is 0 Å². The van der Waals surface area contributed by atoms with Crippen molar-refractivity contribution in [3.05, 3.63) is 5.28 Å². The van der Waals surface area contributed by atoms with Gasteiger partial charge in [0.15, 0.2) is 0 Å². The Balaban J connectivity index is 2.21. The molecule has 0 saturated carbocycles. The number of hydrogen-bond acceptors (Lipinski definition) is 6. The third kappa shape index (κ3) is 3.20. The molecule has 1 saturated heterocycles. The number of halogens is 1. The number of nitrogens with one attached hydrogen (secondary N) is 1. The first-order valence-corrected chi connectivity index (χ1v) is 6.52. The van der Waals surface area contributed by atoms with Gasteiger partial charge < -0.3 is 15.0 Å². The second kappa shape index (κ2) is 5.67. The molecular formula is C11H18ClN5O. The first-order valence-electron chi connectivity index (χ1n) is 6.14. The van der Waals surface area contributed by atoms with Gasteiger partial charge in [-0.05, 0) is 32.4 Å². The Kier molecular flexibility index (Phi) is 4.19. The van der Waals surface area contributed by atoms with Crippen molar-refractivity contribution in [3.8, 4) is 0 Å². The van der Waals surface area contributed by atoms with Gasteiger partial charge in [0.05, 0.1) is 12.2 Å². The first-order chi connectivity index (χ1) is 8.58. The number of hydrogen-bond donors (Lipinski definition) is 1. The van der Waals surface area contributed by atoms with Crippen LogP contribution in [-0.4, -0.2) is 46.8 Å². The van der Waals surface area contributed by atoms with Crippen LogP contribution in [0.3, 0.4) is 0 Å². The molecule has 1 aliphatic heterocycles. The second-order valence-corrected chi connectivity index (χ2v) is 4.76. The highest BCUT2D eigenvalue weighted by Crippen LogP contribution is 2.19. The normalized spacial score (nSPS) is 24.1. The summed E-state index contributed by atoms with van der Waals surface area (Å²) in [7, 11) is 0. The largest absolute Gasteiger partial charge is 0.372 e. The van der Waals surface area contributed by atoms with Crippen LogP contribution in [0.1, 0.15) is 20.8 Å². The minimum Gasteiger partial charge on any atom is -0.372 e. The molecule has 2 rings (SSSR count). The summed E-state index contributed by atoms with van der Waals surface area (Å²) in [5, 5.41) is 3.26. The smallest absolute Gasteiger partial charge is 0.231 e. The van der Waals surface area contributed by atoms with Crippen molar-refractivity contribution in [2.45, 2.75) is 33.0 Å². The van der Waals surface area contributed by atoms with Gasteiger partial charge in [-0.15, -0.1) is 0 Å². The maximum atomic E-state index is 5.92. The third-order valence-corrected chi connectivity index (χ3v) is 2.80. The summed E-state index contributed by atoms with van der Waals surface area (Å²) in [5.41, 5.74) is 0. The van der Waals surface area contributed by atoms with Gasteiger partial charge >= 0.3 is 0 Å². The molecule has 1 fully saturated rings. The molecule has 1 aliphatic rings. The lowest BCUT2D eigenvalue weighted by atomic mass is 10.2. The number of ether oxygens (including phenoxy) is 1. The molecule has 100 valence electrons. The van der Waals surface area contributed by atoms with E-state index in [9.17, 15) is 0 Å². The molecule has 2 atom stereocenters. The Hall–Kier alpha value is -1.14. The molecular weight excluding hydrogens is 254 g/mol. The SMILES string of the molecule is CCNc1nc(Cl)nc(N2C[C@@H](C)O[C@@H](C)C2)n1. The fourth-order valence-electron chi connectivity index (χ4n) is 2.06. The average molecular weight is 272 g/mol. The zero-order valence-corrected chi connectivity index (χ0v) is 11.6. The maximum Gasteiger partial charge on any atom is 0.231 e. The summed E-state index contributed by atoms with van der Waals surface area (Å²) in [6.07, 6.45) is 0.318. The average Bonchev–Trinajstić information content (AvgIpc) is 2.27. The van der Waals surface area contributed by atoms with E-state index in [1.54, 1.807) is 0 Å². The van der Waals surface area contributed by atoms with Gasteiger partial charge in [-0.25, -0.2) is 0 Å². The summed E-state index contributed by atoms with van der Waals surface area (Å²) in [6, 6.07) is 0. The van der Waals surface area contributed by atoms with Crippen LogP contribution in [0.4, 0.5) is 11.9 Å². The van der Waals surface area contributed by atoms with Gasteiger partial charge in [0.1, 0.15) is 0 Å². The first kappa shape index (κ1) is 13.3. The molecule has 1 aromatic heterocycles. The fourth-order valence-corrected chi connectivity index (χ4v) is 2.22. The van der Waals surface area contributed by atoms with Crippen molar-refractivity contribution >= 4 is 23.5 Å². The van der Waals surface area contributed by atoms with Gasteiger partial charge in [0.25, 0.3) is 0 Å². The Bertz CT molecular complexity index is 406. The highest BCUT2D eigenvalue weighted by molar-refractivity contribution is 6.28. The molecule has 0 spiro atoms. The molecule has 0 radical (unpaired) electrons. The fraction of sp³-hybridized carbons (Fsp3) is 0.727. The number of nitrogens with zero attached hydrogens (tertiary/aromatic N) is 4. The molecule has 1 aromatic rings. The van der Waals surface area contributed by atoms with Crippen molar-refractivity contribution in [1.82, 2.24) is 15.0 Å². The van der Waals surface area contributed by atoms with Crippen molar-refractivity contribution in [2.24, 2.45) is 0 Å². The number of morpholine rings is 1. The van der Waals surface area contributed by atoms with Crippen LogP contribution in [0.25, 0.3) is 0 Å². The molecule has 0 aliphatic carbocycles. The lowest BCUT2D eigenvalue weighted by molar-refractivity contribution is -0.00572. The summed E-state index contributed by atoms with van der Waals surface area (Å²) in [4.78, 5) is 14.7. The molecule has 1 N–H and O–H groups in total.